The zero-order chi connectivity index (χ0) is 10.5. The molecule has 76 valence electrons. The van der Waals surface area contributed by atoms with Gasteiger partial charge in [0.15, 0.2) is 0 Å². The van der Waals surface area contributed by atoms with E-state index in [1.54, 1.807) is 7.05 Å². The summed E-state index contributed by atoms with van der Waals surface area (Å²) in [6, 6.07) is 17.4. The van der Waals surface area contributed by atoms with Crippen molar-refractivity contribution in [1.82, 2.24) is 0 Å². The predicted molar refractivity (Wildman–Crippen MR) is 61.9 cm³/mol. The van der Waals surface area contributed by atoms with Crippen molar-refractivity contribution in [2.75, 3.05) is 7.05 Å². The highest BCUT2D eigenvalue weighted by Crippen LogP contribution is 2.26. The zero-order valence-electron chi connectivity index (χ0n) is 8.55. The molecule has 0 saturated carbocycles. The lowest BCUT2D eigenvalue weighted by Gasteiger charge is -2.14. The normalized spacial score (nSPS) is 9.67. The van der Waals surface area contributed by atoms with Gasteiger partial charge in [0.1, 0.15) is 11.5 Å². The largest absolute Gasteiger partial charge is 0.687 e. The molecule has 0 N–H and O–H groups in total. The summed E-state index contributed by atoms with van der Waals surface area (Å²) in [5.41, 5.74) is 0.920. The predicted octanol–water partition coefficient (Wildman–Crippen LogP) is 4.11. The maximum Gasteiger partial charge on any atom is 0.127 e. The van der Waals surface area contributed by atoms with Crippen LogP contribution in [0.25, 0.3) is 5.32 Å². The molecular weight excluding hydrogens is 186 g/mol. The van der Waals surface area contributed by atoms with E-state index in [0.29, 0.717) is 0 Å². The third-order valence-corrected chi connectivity index (χ3v) is 2.05. The SMILES string of the molecule is C[N-]c1cccc(Oc2ccccc2)c1. The van der Waals surface area contributed by atoms with E-state index in [9.17, 15) is 0 Å². The smallest absolute Gasteiger partial charge is 0.127 e. The third-order valence-electron chi connectivity index (χ3n) is 2.05. The molecule has 0 aromatic heterocycles. The van der Waals surface area contributed by atoms with Crippen molar-refractivity contribution in [3.8, 4) is 11.5 Å². The van der Waals surface area contributed by atoms with Crippen molar-refractivity contribution in [1.29, 1.82) is 0 Å². The highest BCUT2D eigenvalue weighted by Gasteiger charge is 1.93. The molecular formula is C13H12NO-. The highest BCUT2D eigenvalue weighted by molar-refractivity contribution is 5.52. The first kappa shape index (κ1) is 9.59. The standard InChI is InChI=1S/C13H12NO/c1-14-11-6-5-9-13(10-11)15-12-7-3-2-4-8-12/h2-10H,1H3/q-1. The maximum atomic E-state index is 5.66. The average Bonchev–Trinajstić information content (AvgIpc) is 2.31. The fraction of sp³-hybridized carbons (Fsp3) is 0.0769. The van der Waals surface area contributed by atoms with Crippen LogP contribution < -0.4 is 4.74 Å². The van der Waals surface area contributed by atoms with Gasteiger partial charge in [0, 0.05) is 0 Å². The Morgan fingerprint density at radius 3 is 2.33 bits per heavy atom. The minimum Gasteiger partial charge on any atom is -0.687 e. The maximum absolute atomic E-state index is 5.66. The summed E-state index contributed by atoms with van der Waals surface area (Å²) in [5.74, 6) is 1.65. The van der Waals surface area contributed by atoms with Crippen LogP contribution in [0.15, 0.2) is 54.6 Å². The van der Waals surface area contributed by atoms with Crippen molar-refractivity contribution in [2.45, 2.75) is 0 Å². The summed E-state index contributed by atoms with van der Waals surface area (Å²) in [6.07, 6.45) is 0. The Morgan fingerprint density at radius 1 is 0.867 bits per heavy atom. The van der Waals surface area contributed by atoms with Gasteiger partial charge in [0.25, 0.3) is 0 Å². The molecule has 0 aliphatic carbocycles. The molecule has 2 rings (SSSR count). The second-order valence-electron chi connectivity index (χ2n) is 3.14. The van der Waals surface area contributed by atoms with Crippen LogP contribution in [-0.4, -0.2) is 7.05 Å². The van der Waals surface area contributed by atoms with Crippen molar-refractivity contribution in [3.05, 3.63) is 59.9 Å². The Morgan fingerprint density at radius 2 is 1.60 bits per heavy atom. The molecule has 0 bridgehead atoms. The molecule has 0 unspecified atom stereocenters. The van der Waals surface area contributed by atoms with Gasteiger partial charge in [0.2, 0.25) is 0 Å². The van der Waals surface area contributed by atoms with Gasteiger partial charge in [-0.05, 0) is 24.3 Å². The first-order valence-electron chi connectivity index (χ1n) is 4.81. The molecule has 15 heavy (non-hydrogen) atoms. The summed E-state index contributed by atoms with van der Waals surface area (Å²) in [6.45, 7) is 0. The molecule has 0 aliphatic rings. The Hall–Kier alpha value is -1.96. The van der Waals surface area contributed by atoms with E-state index in [4.69, 9.17) is 4.74 Å². The molecule has 0 fully saturated rings. The second-order valence-corrected chi connectivity index (χ2v) is 3.14. The van der Waals surface area contributed by atoms with Gasteiger partial charge in [-0.15, -0.1) is 12.7 Å². The quantitative estimate of drug-likeness (QED) is 0.727. The molecule has 0 aliphatic heterocycles. The van der Waals surface area contributed by atoms with Gasteiger partial charge in [-0.1, -0.05) is 30.3 Å². The van der Waals surface area contributed by atoms with Gasteiger partial charge in [-0.3, -0.25) is 0 Å². The molecule has 0 atom stereocenters. The van der Waals surface area contributed by atoms with Gasteiger partial charge in [-0.25, -0.2) is 0 Å². The molecule has 0 saturated heterocycles. The van der Waals surface area contributed by atoms with Crippen molar-refractivity contribution >= 4 is 5.69 Å². The van der Waals surface area contributed by atoms with E-state index >= 15 is 0 Å². The average molecular weight is 198 g/mol. The van der Waals surface area contributed by atoms with E-state index in [1.807, 2.05) is 54.6 Å². The highest BCUT2D eigenvalue weighted by atomic mass is 16.5. The molecule has 0 amide bonds. The fourth-order valence-corrected chi connectivity index (χ4v) is 1.31. The number of ether oxygens (including phenoxy) is 1. The number of hydrogen-bond acceptors (Lipinski definition) is 1. The van der Waals surface area contributed by atoms with E-state index in [2.05, 4.69) is 5.32 Å². The van der Waals surface area contributed by atoms with Crippen LogP contribution in [0.3, 0.4) is 0 Å². The minimum atomic E-state index is 0.810. The van der Waals surface area contributed by atoms with Crippen LogP contribution in [-0.2, 0) is 0 Å². The summed E-state index contributed by atoms with van der Waals surface area (Å²) in [7, 11) is 1.77. The van der Waals surface area contributed by atoms with Crippen molar-refractivity contribution < 1.29 is 4.74 Å². The first-order chi connectivity index (χ1) is 7.38. The molecule has 0 radical (unpaired) electrons. The Labute approximate surface area is 89.5 Å². The van der Waals surface area contributed by atoms with Crippen LogP contribution in [0.1, 0.15) is 0 Å². The van der Waals surface area contributed by atoms with Crippen LogP contribution in [0.5, 0.6) is 11.5 Å². The van der Waals surface area contributed by atoms with Gasteiger partial charge in [0.05, 0.1) is 0 Å². The lowest BCUT2D eigenvalue weighted by atomic mass is 10.3. The minimum absolute atomic E-state index is 0.810. The van der Waals surface area contributed by atoms with E-state index in [-0.39, 0.29) is 0 Å². The van der Waals surface area contributed by atoms with Crippen LogP contribution in [0.4, 0.5) is 5.69 Å². The lowest BCUT2D eigenvalue weighted by Crippen LogP contribution is -1.82. The summed E-state index contributed by atoms with van der Waals surface area (Å²) in [5, 5.41) is 4.09. The Balaban J connectivity index is 2.17. The first-order valence-corrected chi connectivity index (χ1v) is 4.81. The molecule has 2 aromatic rings. The van der Waals surface area contributed by atoms with Crippen molar-refractivity contribution in [2.24, 2.45) is 0 Å². The fourth-order valence-electron chi connectivity index (χ4n) is 1.31. The molecule has 2 nitrogen and oxygen atoms in total. The summed E-state index contributed by atoms with van der Waals surface area (Å²) >= 11 is 0. The van der Waals surface area contributed by atoms with E-state index < -0.39 is 0 Å². The molecule has 2 aromatic carbocycles. The molecule has 0 spiro atoms. The van der Waals surface area contributed by atoms with E-state index in [0.717, 1.165) is 17.2 Å². The van der Waals surface area contributed by atoms with Crippen LogP contribution >= 0.6 is 0 Å². The number of rotatable bonds is 3. The second kappa shape index (κ2) is 4.51. The van der Waals surface area contributed by atoms with Gasteiger partial charge in [-0.2, -0.15) is 0 Å². The zero-order valence-corrected chi connectivity index (χ0v) is 8.55. The van der Waals surface area contributed by atoms with Gasteiger partial charge >= 0.3 is 0 Å². The molecule has 2 heteroatoms. The summed E-state index contributed by atoms with van der Waals surface area (Å²) in [4.78, 5) is 0. The lowest BCUT2D eigenvalue weighted by molar-refractivity contribution is 0.483. The van der Waals surface area contributed by atoms with Crippen molar-refractivity contribution in [3.63, 3.8) is 0 Å². The number of hydrogen-bond donors (Lipinski definition) is 0. The number of para-hydroxylation sites is 1. The van der Waals surface area contributed by atoms with Crippen LogP contribution in [0.2, 0.25) is 0 Å². The third kappa shape index (κ3) is 2.50. The number of nitrogens with zero attached hydrogens (tertiary/aromatic N) is 1. The topological polar surface area (TPSA) is 23.3 Å². The van der Waals surface area contributed by atoms with E-state index in [1.165, 1.54) is 0 Å². The van der Waals surface area contributed by atoms with Crippen LogP contribution in [0, 0.1) is 0 Å². The summed E-state index contributed by atoms with van der Waals surface area (Å²) < 4.78 is 5.66. The van der Waals surface area contributed by atoms with Gasteiger partial charge < -0.3 is 10.1 Å². The monoisotopic (exact) mass is 198 g/mol. The number of benzene rings is 2. The molecule has 0 heterocycles. The Bertz CT molecular complexity index is 426. The Kier molecular flexibility index (Phi) is 2.88.